The van der Waals surface area contributed by atoms with Crippen molar-refractivity contribution in [1.29, 1.82) is 0 Å². The maximum absolute atomic E-state index is 12.1. The highest BCUT2D eigenvalue weighted by atomic mass is 127. The fourth-order valence-corrected chi connectivity index (χ4v) is 2.46. The molecule has 0 saturated carbocycles. The van der Waals surface area contributed by atoms with Gasteiger partial charge in [0.05, 0.1) is 5.52 Å². The molecule has 3 rings (SSSR count). The van der Waals surface area contributed by atoms with Crippen LogP contribution in [-0.4, -0.2) is 35.7 Å². The summed E-state index contributed by atoms with van der Waals surface area (Å²) >= 11 is 2.23. The lowest BCUT2D eigenvalue weighted by Crippen LogP contribution is -2.48. The summed E-state index contributed by atoms with van der Waals surface area (Å²) < 4.78 is 1.10. The molecule has 18 heavy (non-hydrogen) atoms. The third kappa shape index (κ3) is 2.22. The molecule has 1 aliphatic heterocycles. The molecule has 0 bridgehead atoms. The van der Waals surface area contributed by atoms with Gasteiger partial charge in [-0.3, -0.25) is 9.89 Å². The monoisotopic (exact) mass is 356 g/mol. The van der Waals surface area contributed by atoms with Crippen molar-refractivity contribution in [3.8, 4) is 0 Å². The molecule has 0 unspecified atom stereocenters. The van der Waals surface area contributed by atoms with Crippen molar-refractivity contribution in [2.24, 2.45) is 5.92 Å². The van der Waals surface area contributed by atoms with Gasteiger partial charge >= 0.3 is 0 Å². The minimum atomic E-state index is -0.102. The van der Waals surface area contributed by atoms with Crippen LogP contribution in [0.5, 0.6) is 0 Å². The molecule has 94 valence electrons. The molecule has 0 radical (unpaired) electrons. The Morgan fingerprint density at radius 1 is 1.50 bits per heavy atom. The second kappa shape index (κ2) is 4.85. The van der Waals surface area contributed by atoms with E-state index in [9.17, 15) is 4.79 Å². The molecule has 1 amide bonds. The molecule has 0 aliphatic carbocycles. The molecule has 2 aromatic rings. The summed E-state index contributed by atoms with van der Waals surface area (Å²) in [5.74, 6) is 0.453. The SMILES string of the molecule is O=C(NCC1CNC1)c1n[nH]c2ccc(I)cc12. The van der Waals surface area contributed by atoms with Gasteiger partial charge in [-0.25, -0.2) is 0 Å². The Bertz CT molecular complexity index is 591. The van der Waals surface area contributed by atoms with Crippen LogP contribution in [-0.2, 0) is 0 Å². The van der Waals surface area contributed by atoms with Crippen LogP contribution in [0.2, 0.25) is 0 Å². The van der Waals surface area contributed by atoms with Crippen LogP contribution in [0.1, 0.15) is 10.5 Å². The van der Waals surface area contributed by atoms with Gasteiger partial charge < -0.3 is 10.6 Å². The van der Waals surface area contributed by atoms with E-state index in [1.807, 2.05) is 18.2 Å². The van der Waals surface area contributed by atoms with Crippen LogP contribution < -0.4 is 10.6 Å². The van der Waals surface area contributed by atoms with Crippen molar-refractivity contribution in [3.05, 3.63) is 27.5 Å². The average molecular weight is 356 g/mol. The van der Waals surface area contributed by atoms with Gasteiger partial charge in [0.1, 0.15) is 0 Å². The number of halogens is 1. The zero-order chi connectivity index (χ0) is 12.5. The van der Waals surface area contributed by atoms with Gasteiger partial charge in [0, 0.05) is 34.5 Å². The van der Waals surface area contributed by atoms with E-state index in [-0.39, 0.29) is 5.91 Å². The number of carbonyl (C=O) groups excluding carboxylic acids is 1. The number of fused-ring (bicyclic) bond motifs is 1. The summed E-state index contributed by atoms with van der Waals surface area (Å²) in [6.07, 6.45) is 0. The first-order chi connectivity index (χ1) is 8.74. The van der Waals surface area contributed by atoms with E-state index in [1.54, 1.807) is 0 Å². The smallest absolute Gasteiger partial charge is 0.272 e. The number of hydrogen-bond acceptors (Lipinski definition) is 3. The molecule has 1 aliphatic rings. The molecule has 1 aromatic carbocycles. The number of nitrogens with zero attached hydrogens (tertiary/aromatic N) is 1. The Balaban J connectivity index is 1.79. The topological polar surface area (TPSA) is 69.8 Å². The summed E-state index contributed by atoms with van der Waals surface area (Å²) in [4.78, 5) is 12.1. The van der Waals surface area contributed by atoms with Crippen LogP contribution in [0.15, 0.2) is 18.2 Å². The minimum Gasteiger partial charge on any atom is -0.350 e. The third-order valence-corrected chi connectivity index (χ3v) is 3.83. The van der Waals surface area contributed by atoms with Crippen LogP contribution in [0.3, 0.4) is 0 Å². The number of benzene rings is 1. The van der Waals surface area contributed by atoms with Crippen molar-refractivity contribution in [2.45, 2.75) is 0 Å². The summed E-state index contributed by atoms with van der Waals surface area (Å²) in [5, 5.41) is 14.0. The normalized spacial score (nSPS) is 15.6. The van der Waals surface area contributed by atoms with Crippen molar-refractivity contribution in [1.82, 2.24) is 20.8 Å². The standard InChI is InChI=1S/C12H13IN4O/c13-8-1-2-10-9(3-8)11(17-16-10)12(18)15-6-7-4-14-5-7/h1-3,7,14H,4-6H2,(H,15,18)(H,16,17). The van der Waals surface area contributed by atoms with Crippen LogP contribution in [0, 0.1) is 9.49 Å². The Morgan fingerprint density at radius 3 is 3.06 bits per heavy atom. The van der Waals surface area contributed by atoms with Gasteiger partial charge in [-0.1, -0.05) is 0 Å². The van der Waals surface area contributed by atoms with Crippen LogP contribution >= 0.6 is 22.6 Å². The van der Waals surface area contributed by atoms with Gasteiger partial charge in [0.15, 0.2) is 5.69 Å². The molecule has 5 nitrogen and oxygen atoms in total. The molecule has 0 spiro atoms. The van der Waals surface area contributed by atoms with Gasteiger partial charge in [0.25, 0.3) is 5.91 Å². The Hall–Kier alpha value is -1.15. The van der Waals surface area contributed by atoms with E-state index < -0.39 is 0 Å². The quantitative estimate of drug-likeness (QED) is 0.722. The first-order valence-electron chi connectivity index (χ1n) is 5.86. The minimum absolute atomic E-state index is 0.102. The van der Waals surface area contributed by atoms with E-state index in [1.165, 1.54) is 0 Å². The number of aromatic nitrogens is 2. The Labute approximate surface area is 118 Å². The molecule has 1 fully saturated rings. The first-order valence-corrected chi connectivity index (χ1v) is 6.94. The molecule has 6 heteroatoms. The fraction of sp³-hybridized carbons (Fsp3) is 0.333. The second-order valence-corrected chi connectivity index (χ2v) is 5.74. The van der Waals surface area contributed by atoms with E-state index in [0.717, 1.165) is 27.6 Å². The molecular weight excluding hydrogens is 343 g/mol. The highest BCUT2D eigenvalue weighted by molar-refractivity contribution is 14.1. The predicted octanol–water partition coefficient (Wildman–Crippen LogP) is 1.12. The van der Waals surface area contributed by atoms with Crippen LogP contribution in [0.4, 0.5) is 0 Å². The first kappa shape index (κ1) is 11.9. The van der Waals surface area contributed by atoms with Crippen molar-refractivity contribution >= 4 is 39.4 Å². The highest BCUT2D eigenvalue weighted by Gasteiger charge is 2.19. The molecule has 3 N–H and O–H groups in total. The molecule has 1 saturated heterocycles. The highest BCUT2D eigenvalue weighted by Crippen LogP contribution is 2.18. The third-order valence-electron chi connectivity index (χ3n) is 3.16. The Morgan fingerprint density at radius 2 is 2.33 bits per heavy atom. The van der Waals surface area contributed by atoms with Gasteiger partial charge in [-0.15, -0.1) is 0 Å². The number of H-pyrrole nitrogens is 1. The number of carbonyl (C=O) groups is 1. The predicted molar refractivity (Wildman–Crippen MR) is 77.5 cm³/mol. The summed E-state index contributed by atoms with van der Waals surface area (Å²) in [7, 11) is 0. The molecule has 0 atom stereocenters. The largest absolute Gasteiger partial charge is 0.350 e. The van der Waals surface area contributed by atoms with E-state index in [2.05, 4.69) is 43.4 Å². The zero-order valence-corrected chi connectivity index (χ0v) is 11.8. The summed E-state index contributed by atoms with van der Waals surface area (Å²) in [6.45, 7) is 2.68. The van der Waals surface area contributed by atoms with Gasteiger partial charge in [0.2, 0.25) is 0 Å². The van der Waals surface area contributed by atoms with Crippen molar-refractivity contribution < 1.29 is 4.79 Å². The molecule has 1 aromatic heterocycles. The molecular formula is C12H13IN4O. The zero-order valence-electron chi connectivity index (χ0n) is 9.66. The average Bonchev–Trinajstić information content (AvgIpc) is 2.69. The summed E-state index contributed by atoms with van der Waals surface area (Å²) in [5.41, 5.74) is 1.38. The number of aromatic amines is 1. The maximum atomic E-state index is 12.1. The van der Waals surface area contributed by atoms with Crippen LogP contribution in [0.25, 0.3) is 10.9 Å². The van der Waals surface area contributed by atoms with Crippen molar-refractivity contribution in [2.75, 3.05) is 19.6 Å². The van der Waals surface area contributed by atoms with E-state index in [4.69, 9.17) is 0 Å². The Kier molecular flexibility index (Phi) is 3.21. The lowest BCUT2D eigenvalue weighted by Gasteiger charge is -2.26. The summed E-state index contributed by atoms with van der Waals surface area (Å²) in [6, 6.07) is 5.90. The van der Waals surface area contributed by atoms with Crippen molar-refractivity contribution in [3.63, 3.8) is 0 Å². The van der Waals surface area contributed by atoms with E-state index in [0.29, 0.717) is 18.2 Å². The van der Waals surface area contributed by atoms with Gasteiger partial charge in [-0.2, -0.15) is 5.10 Å². The number of nitrogens with one attached hydrogen (secondary N) is 3. The molecule has 2 heterocycles. The fourth-order valence-electron chi connectivity index (χ4n) is 1.97. The lowest BCUT2D eigenvalue weighted by molar-refractivity contribution is 0.0939. The second-order valence-electron chi connectivity index (χ2n) is 4.50. The van der Waals surface area contributed by atoms with E-state index >= 15 is 0 Å². The number of rotatable bonds is 3. The maximum Gasteiger partial charge on any atom is 0.272 e. The lowest BCUT2D eigenvalue weighted by atomic mass is 10.0. The number of hydrogen-bond donors (Lipinski definition) is 3. The number of amides is 1. The van der Waals surface area contributed by atoms with Gasteiger partial charge in [-0.05, 0) is 40.8 Å².